The molecule has 2 nitrogen and oxygen atoms in total. The molecule has 1 aromatic rings. The Morgan fingerprint density at radius 3 is 2.64 bits per heavy atom. The highest BCUT2D eigenvalue weighted by Crippen LogP contribution is 2.30. The Kier molecular flexibility index (Phi) is 2.39. The first-order valence-corrected chi connectivity index (χ1v) is 4.04. The van der Waals surface area contributed by atoms with E-state index in [-0.39, 0.29) is 0 Å². The van der Waals surface area contributed by atoms with E-state index in [9.17, 15) is 0 Å². The summed E-state index contributed by atoms with van der Waals surface area (Å²) in [5.74, 6) is 0.853. The van der Waals surface area contributed by atoms with Gasteiger partial charge in [-0.1, -0.05) is 0 Å². The first-order chi connectivity index (χ1) is 5.16. The van der Waals surface area contributed by atoms with Crippen molar-refractivity contribution >= 4 is 21.6 Å². The number of hydrogen-bond acceptors (Lipinski definition) is 2. The van der Waals surface area contributed by atoms with Gasteiger partial charge in [-0.25, -0.2) is 0 Å². The van der Waals surface area contributed by atoms with Crippen molar-refractivity contribution in [3.05, 3.63) is 22.2 Å². The number of ether oxygens (including phenoxy) is 1. The summed E-state index contributed by atoms with van der Waals surface area (Å²) in [5.41, 5.74) is 7.42. The quantitative estimate of drug-likeness (QED) is 0.731. The standard InChI is InChI=1S/C8H10BrNO/c1-5-7(11-2)4-3-6(10)8(5)9/h3-4H,10H2,1-2H3. The van der Waals surface area contributed by atoms with Crippen molar-refractivity contribution in [1.82, 2.24) is 0 Å². The van der Waals surface area contributed by atoms with Crippen LogP contribution in [0, 0.1) is 6.92 Å². The van der Waals surface area contributed by atoms with Crippen molar-refractivity contribution in [2.75, 3.05) is 12.8 Å². The van der Waals surface area contributed by atoms with E-state index < -0.39 is 0 Å². The van der Waals surface area contributed by atoms with E-state index in [1.807, 2.05) is 19.1 Å². The van der Waals surface area contributed by atoms with Gasteiger partial charge in [0.15, 0.2) is 0 Å². The summed E-state index contributed by atoms with van der Waals surface area (Å²) < 4.78 is 6.01. The van der Waals surface area contributed by atoms with Crippen LogP contribution in [0.2, 0.25) is 0 Å². The Morgan fingerprint density at radius 1 is 1.45 bits per heavy atom. The second kappa shape index (κ2) is 3.13. The summed E-state index contributed by atoms with van der Waals surface area (Å²) in [4.78, 5) is 0. The van der Waals surface area contributed by atoms with Crippen LogP contribution in [0.5, 0.6) is 5.75 Å². The van der Waals surface area contributed by atoms with Gasteiger partial charge in [-0.2, -0.15) is 0 Å². The summed E-state index contributed by atoms with van der Waals surface area (Å²) in [5, 5.41) is 0. The van der Waals surface area contributed by atoms with E-state index in [0.29, 0.717) is 0 Å². The van der Waals surface area contributed by atoms with Crippen LogP contribution in [0.25, 0.3) is 0 Å². The number of anilines is 1. The molecule has 0 radical (unpaired) electrons. The first-order valence-electron chi connectivity index (χ1n) is 3.25. The zero-order chi connectivity index (χ0) is 8.43. The van der Waals surface area contributed by atoms with Gasteiger partial charge in [-0.15, -0.1) is 0 Å². The van der Waals surface area contributed by atoms with Crippen molar-refractivity contribution in [1.29, 1.82) is 0 Å². The molecule has 0 atom stereocenters. The minimum Gasteiger partial charge on any atom is -0.496 e. The fourth-order valence-corrected chi connectivity index (χ4v) is 1.24. The van der Waals surface area contributed by atoms with E-state index >= 15 is 0 Å². The Hall–Kier alpha value is -0.700. The average molecular weight is 216 g/mol. The second-order valence-electron chi connectivity index (χ2n) is 2.30. The zero-order valence-corrected chi connectivity index (χ0v) is 8.10. The lowest BCUT2D eigenvalue weighted by atomic mass is 10.2. The van der Waals surface area contributed by atoms with Crippen LogP contribution in [0.15, 0.2) is 16.6 Å². The number of halogens is 1. The molecule has 0 aliphatic rings. The van der Waals surface area contributed by atoms with Crippen LogP contribution < -0.4 is 10.5 Å². The molecule has 0 saturated heterocycles. The molecule has 0 aromatic heterocycles. The van der Waals surface area contributed by atoms with Crippen LogP contribution >= 0.6 is 15.9 Å². The summed E-state index contributed by atoms with van der Waals surface area (Å²) in [6.45, 7) is 1.96. The number of rotatable bonds is 1. The summed E-state index contributed by atoms with van der Waals surface area (Å²) >= 11 is 3.37. The predicted octanol–water partition coefficient (Wildman–Crippen LogP) is 2.35. The van der Waals surface area contributed by atoms with E-state index in [2.05, 4.69) is 15.9 Å². The van der Waals surface area contributed by atoms with Gasteiger partial charge >= 0.3 is 0 Å². The number of methoxy groups -OCH3 is 1. The zero-order valence-electron chi connectivity index (χ0n) is 6.52. The van der Waals surface area contributed by atoms with Crippen molar-refractivity contribution < 1.29 is 4.74 Å². The maximum absolute atomic E-state index is 5.64. The molecule has 3 heteroatoms. The molecule has 0 heterocycles. The van der Waals surface area contributed by atoms with Gasteiger partial charge in [0, 0.05) is 15.7 Å². The predicted molar refractivity (Wildman–Crippen MR) is 49.8 cm³/mol. The van der Waals surface area contributed by atoms with Crippen molar-refractivity contribution in [3.63, 3.8) is 0 Å². The first kappa shape index (κ1) is 8.40. The molecule has 0 fully saturated rings. The molecule has 0 unspecified atom stereocenters. The normalized spacial score (nSPS) is 9.73. The molecule has 0 aliphatic carbocycles. The molecular weight excluding hydrogens is 206 g/mol. The fourth-order valence-electron chi connectivity index (χ4n) is 0.909. The van der Waals surface area contributed by atoms with Crippen LogP contribution in [-0.4, -0.2) is 7.11 Å². The third kappa shape index (κ3) is 1.48. The third-order valence-corrected chi connectivity index (χ3v) is 2.64. The summed E-state index contributed by atoms with van der Waals surface area (Å²) in [7, 11) is 1.64. The molecule has 0 bridgehead atoms. The highest BCUT2D eigenvalue weighted by Gasteiger charge is 2.04. The maximum Gasteiger partial charge on any atom is 0.123 e. The summed E-state index contributed by atoms with van der Waals surface area (Å²) in [6.07, 6.45) is 0. The highest BCUT2D eigenvalue weighted by molar-refractivity contribution is 9.10. The largest absolute Gasteiger partial charge is 0.496 e. The molecule has 0 spiro atoms. The van der Waals surface area contributed by atoms with Crippen molar-refractivity contribution in [2.24, 2.45) is 0 Å². The van der Waals surface area contributed by atoms with Crippen molar-refractivity contribution in [2.45, 2.75) is 6.92 Å². The van der Waals surface area contributed by atoms with Gasteiger partial charge in [0.1, 0.15) is 5.75 Å². The van der Waals surface area contributed by atoms with Crippen LogP contribution in [-0.2, 0) is 0 Å². The second-order valence-corrected chi connectivity index (χ2v) is 3.09. The monoisotopic (exact) mass is 215 g/mol. The lowest BCUT2D eigenvalue weighted by Gasteiger charge is -2.07. The topological polar surface area (TPSA) is 35.2 Å². The molecule has 11 heavy (non-hydrogen) atoms. The van der Waals surface area contributed by atoms with Crippen molar-refractivity contribution in [3.8, 4) is 5.75 Å². The molecule has 0 amide bonds. The van der Waals surface area contributed by atoms with Gasteiger partial charge in [0.05, 0.1) is 7.11 Å². The number of nitrogen functional groups attached to an aromatic ring is 1. The van der Waals surface area contributed by atoms with Gasteiger partial charge in [-0.05, 0) is 35.0 Å². The van der Waals surface area contributed by atoms with Gasteiger partial charge in [-0.3, -0.25) is 0 Å². The molecule has 1 rings (SSSR count). The smallest absolute Gasteiger partial charge is 0.123 e. The molecular formula is C8H10BrNO. The average Bonchev–Trinajstić information content (AvgIpc) is 2.01. The Labute approximate surface area is 74.5 Å². The Bertz CT molecular complexity index is 273. The third-order valence-electron chi connectivity index (χ3n) is 1.59. The van der Waals surface area contributed by atoms with E-state index in [1.54, 1.807) is 7.11 Å². The SMILES string of the molecule is COc1ccc(N)c(Br)c1C. The lowest BCUT2D eigenvalue weighted by Crippen LogP contribution is -1.92. The minimum atomic E-state index is 0.739. The van der Waals surface area contributed by atoms with Crippen LogP contribution in [0.1, 0.15) is 5.56 Å². The lowest BCUT2D eigenvalue weighted by molar-refractivity contribution is 0.411. The van der Waals surface area contributed by atoms with E-state index in [1.165, 1.54) is 0 Å². The molecule has 2 N–H and O–H groups in total. The van der Waals surface area contributed by atoms with Gasteiger partial charge in [0.25, 0.3) is 0 Å². The highest BCUT2D eigenvalue weighted by atomic mass is 79.9. The molecule has 1 aromatic carbocycles. The fraction of sp³-hybridized carbons (Fsp3) is 0.250. The van der Waals surface area contributed by atoms with E-state index in [0.717, 1.165) is 21.5 Å². The van der Waals surface area contributed by atoms with Crippen LogP contribution in [0.4, 0.5) is 5.69 Å². The molecule has 0 aliphatic heterocycles. The van der Waals surface area contributed by atoms with E-state index in [4.69, 9.17) is 10.5 Å². The minimum absolute atomic E-state index is 0.739. The molecule has 0 saturated carbocycles. The Morgan fingerprint density at radius 2 is 2.09 bits per heavy atom. The van der Waals surface area contributed by atoms with Gasteiger partial charge in [0.2, 0.25) is 0 Å². The molecule has 60 valence electrons. The van der Waals surface area contributed by atoms with Gasteiger partial charge < -0.3 is 10.5 Å². The number of nitrogens with two attached hydrogens (primary N) is 1. The van der Waals surface area contributed by atoms with Crippen LogP contribution in [0.3, 0.4) is 0 Å². The Balaban J connectivity index is 3.25. The maximum atomic E-state index is 5.64. The number of benzene rings is 1. The number of hydrogen-bond donors (Lipinski definition) is 1. The summed E-state index contributed by atoms with van der Waals surface area (Å²) in [6, 6.07) is 3.67.